The molecule has 28 heavy (non-hydrogen) atoms. The number of halogens is 1. The summed E-state index contributed by atoms with van der Waals surface area (Å²) >= 11 is 0. The average Bonchev–Trinajstić information content (AvgIpc) is 3.14. The Morgan fingerprint density at radius 2 is 1.54 bits per heavy atom. The summed E-state index contributed by atoms with van der Waals surface area (Å²) in [6.45, 7) is 2.06. The third-order valence-electron chi connectivity index (χ3n) is 5.21. The minimum absolute atomic E-state index is 0.261. The Hall–Kier alpha value is -3.28. The third kappa shape index (κ3) is 3.01. The molecule has 0 aliphatic carbocycles. The molecule has 1 saturated heterocycles. The van der Waals surface area contributed by atoms with Crippen LogP contribution >= 0.6 is 0 Å². The predicted octanol–water partition coefficient (Wildman–Crippen LogP) is 4.59. The van der Waals surface area contributed by atoms with Crippen molar-refractivity contribution in [2.24, 2.45) is 0 Å². The van der Waals surface area contributed by atoms with Crippen molar-refractivity contribution in [2.45, 2.75) is 19.3 Å². The van der Waals surface area contributed by atoms with E-state index in [1.54, 1.807) is 24.5 Å². The van der Waals surface area contributed by atoms with Gasteiger partial charge in [-0.3, -0.25) is 4.98 Å². The van der Waals surface area contributed by atoms with Crippen LogP contribution in [0.1, 0.15) is 19.3 Å². The molecule has 0 spiro atoms. The lowest BCUT2D eigenvalue weighted by molar-refractivity contribution is 0.570. The summed E-state index contributed by atoms with van der Waals surface area (Å²) in [5.41, 5.74) is 4.28. The maximum absolute atomic E-state index is 13.4. The molecule has 0 unspecified atom stereocenters. The molecule has 6 heteroatoms. The Morgan fingerprint density at radius 1 is 0.786 bits per heavy atom. The number of imidazole rings is 1. The zero-order valence-corrected chi connectivity index (χ0v) is 15.4. The number of aromatic nitrogens is 4. The Balaban J connectivity index is 1.71. The van der Waals surface area contributed by atoms with E-state index in [0.717, 1.165) is 47.1 Å². The van der Waals surface area contributed by atoms with Crippen molar-refractivity contribution in [3.05, 3.63) is 66.7 Å². The van der Waals surface area contributed by atoms with Crippen LogP contribution in [-0.4, -0.2) is 32.7 Å². The zero-order valence-electron chi connectivity index (χ0n) is 15.4. The topological polar surface area (TPSA) is 46.3 Å². The minimum atomic E-state index is -0.261. The van der Waals surface area contributed by atoms with Gasteiger partial charge in [-0.2, -0.15) is 0 Å². The van der Waals surface area contributed by atoms with Gasteiger partial charge in [-0.1, -0.05) is 0 Å². The predicted molar refractivity (Wildman–Crippen MR) is 108 cm³/mol. The third-order valence-corrected chi connectivity index (χ3v) is 5.21. The molecule has 140 valence electrons. The molecule has 4 aromatic rings. The van der Waals surface area contributed by atoms with E-state index in [9.17, 15) is 4.39 Å². The molecule has 0 saturated carbocycles. The van der Waals surface area contributed by atoms with Crippen LogP contribution < -0.4 is 4.90 Å². The van der Waals surface area contributed by atoms with Gasteiger partial charge in [0.15, 0.2) is 5.65 Å². The van der Waals surface area contributed by atoms with Crippen LogP contribution in [-0.2, 0) is 0 Å². The molecule has 1 aliphatic rings. The van der Waals surface area contributed by atoms with E-state index in [1.807, 2.05) is 28.8 Å². The lowest BCUT2D eigenvalue weighted by atomic mass is 10.1. The van der Waals surface area contributed by atoms with E-state index >= 15 is 0 Å². The van der Waals surface area contributed by atoms with Crippen LogP contribution in [0.2, 0.25) is 0 Å². The van der Waals surface area contributed by atoms with Crippen molar-refractivity contribution in [3.8, 4) is 22.5 Å². The number of benzene rings is 1. The van der Waals surface area contributed by atoms with E-state index in [-0.39, 0.29) is 5.82 Å². The fourth-order valence-electron chi connectivity index (χ4n) is 3.79. The first-order chi connectivity index (χ1) is 13.8. The molecule has 5 nitrogen and oxygen atoms in total. The Bertz CT molecular complexity index is 1100. The van der Waals surface area contributed by atoms with Gasteiger partial charge < -0.3 is 4.90 Å². The largest absolute Gasteiger partial charge is 0.355 e. The van der Waals surface area contributed by atoms with Gasteiger partial charge in [-0.05, 0) is 67.8 Å². The Labute approximate surface area is 162 Å². The molecule has 5 rings (SSSR count). The van der Waals surface area contributed by atoms with E-state index in [4.69, 9.17) is 10.1 Å². The van der Waals surface area contributed by atoms with Crippen molar-refractivity contribution in [3.63, 3.8) is 0 Å². The number of hydrogen-bond donors (Lipinski definition) is 0. The molecule has 4 heterocycles. The molecule has 0 N–H and O–H groups in total. The average molecular weight is 373 g/mol. The highest BCUT2D eigenvalue weighted by atomic mass is 19.1. The molecule has 0 radical (unpaired) electrons. The summed E-state index contributed by atoms with van der Waals surface area (Å²) in [5, 5.41) is 4.92. The maximum Gasteiger partial charge on any atom is 0.155 e. The summed E-state index contributed by atoms with van der Waals surface area (Å²) in [7, 11) is 0. The van der Waals surface area contributed by atoms with Gasteiger partial charge in [0.1, 0.15) is 17.3 Å². The molecule has 0 atom stereocenters. The highest BCUT2D eigenvalue weighted by Gasteiger charge is 2.19. The molecule has 0 amide bonds. The van der Waals surface area contributed by atoms with Gasteiger partial charge >= 0.3 is 0 Å². The molecule has 1 fully saturated rings. The van der Waals surface area contributed by atoms with E-state index < -0.39 is 0 Å². The van der Waals surface area contributed by atoms with Crippen molar-refractivity contribution in [1.29, 1.82) is 0 Å². The highest BCUT2D eigenvalue weighted by Crippen LogP contribution is 2.33. The first kappa shape index (κ1) is 16.9. The fourth-order valence-corrected chi connectivity index (χ4v) is 3.79. The number of piperidine rings is 1. The second-order valence-corrected chi connectivity index (χ2v) is 7.06. The van der Waals surface area contributed by atoms with Crippen LogP contribution in [0.25, 0.3) is 28.2 Å². The molecule has 1 aromatic carbocycles. The number of fused-ring (bicyclic) bond motifs is 1. The normalized spacial score (nSPS) is 14.5. The van der Waals surface area contributed by atoms with E-state index in [1.165, 1.54) is 31.4 Å². The second kappa shape index (κ2) is 7.03. The molecule has 1 aliphatic heterocycles. The number of nitrogens with zero attached hydrogens (tertiary/aromatic N) is 5. The monoisotopic (exact) mass is 373 g/mol. The van der Waals surface area contributed by atoms with E-state index in [2.05, 4.69) is 9.88 Å². The van der Waals surface area contributed by atoms with Gasteiger partial charge in [0.2, 0.25) is 0 Å². The fraction of sp³-hybridized carbons (Fsp3) is 0.227. The van der Waals surface area contributed by atoms with Crippen molar-refractivity contribution < 1.29 is 4.39 Å². The van der Waals surface area contributed by atoms with Gasteiger partial charge in [-0.15, -0.1) is 5.10 Å². The minimum Gasteiger partial charge on any atom is -0.355 e. The Morgan fingerprint density at radius 3 is 2.29 bits per heavy atom. The summed E-state index contributed by atoms with van der Waals surface area (Å²) < 4.78 is 15.3. The summed E-state index contributed by atoms with van der Waals surface area (Å²) in [4.78, 5) is 11.3. The molecule has 0 bridgehead atoms. The summed E-state index contributed by atoms with van der Waals surface area (Å²) in [6.07, 6.45) is 7.19. The van der Waals surface area contributed by atoms with Gasteiger partial charge in [-0.25, -0.2) is 13.9 Å². The molecular formula is C22H20FN5. The van der Waals surface area contributed by atoms with Crippen LogP contribution in [0, 0.1) is 5.82 Å². The number of hydrogen-bond acceptors (Lipinski definition) is 4. The van der Waals surface area contributed by atoms with Gasteiger partial charge in [0.25, 0.3) is 0 Å². The zero-order chi connectivity index (χ0) is 18.9. The number of rotatable bonds is 3. The van der Waals surface area contributed by atoms with Crippen LogP contribution in [0.3, 0.4) is 0 Å². The molecular weight excluding hydrogens is 353 g/mol. The van der Waals surface area contributed by atoms with Crippen LogP contribution in [0.15, 0.2) is 60.9 Å². The van der Waals surface area contributed by atoms with E-state index in [0.29, 0.717) is 0 Å². The maximum atomic E-state index is 13.4. The Kier molecular flexibility index (Phi) is 4.24. The lowest BCUT2D eigenvalue weighted by Gasteiger charge is -2.27. The second-order valence-electron chi connectivity index (χ2n) is 7.06. The van der Waals surface area contributed by atoms with Gasteiger partial charge in [0, 0.05) is 36.6 Å². The number of anilines is 1. The molecule has 3 aromatic heterocycles. The smallest absolute Gasteiger partial charge is 0.155 e. The highest BCUT2D eigenvalue weighted by molar-refractivity contribution is 5.81. The lowest BCUT2D eigenvalue weighted by Crippen LogP contribution is -2.30. The van der Waals surface area contributed by atoms with Gasteiger partial charge in [0.05, 0.1) is 5.69 Å². The van der Waals surface area contributed by atoms with Crippen LogP contribution in [0.5, 0.6) is 0 Å². The number of pyridine rings is 1. The summed E-state index contributed by atoms with van der Waals surface area (Å²) in [5.74, 6) is 0.703. The standard InChI is InChI=1S/C22H20FN5/c23-18-6-4-16(5-7-18)21-22(17-10-12-24-13-11-17)28-19(25-21)8-9-20(26-28)27-14-2-1-3-15-27/h4-13H,1-3,14-15H2. The summed E-state index contributed by atoms with van der Waals surface area (Å²) in [6, 6.07) is 14.4. The van der Waals surface area contributed by atoms with Crippen molar-refractivity contribution in [1.82, 2.24) is 19.6 Å². The van der Waals surface area contributed by atoms with Crippen molar-refractivity contribution >= 4 is 11.5 Å². The first-order valence-electron chi connectivity index (χ1n) is 9.61. The van der Waals surface area contributed by atoms with Crippen LogP contribution in [0.4, 0.5) is 10.2 Å². The van der Waals surface area contributed by atoms with Crippen molar-refractivity contribution in [2.75, 3.05) is 18.0 Å². The SMILES string of the molecule is Fc1ccc(-c2nc3ccc(N4CCCCC4)nn3c2-c2ccncc2)cc1. The first-order valence-corrected chi connectivity index (χ1v) is 9.61. The quantitative estimate of drug-likeness (QED) is 0.527.